The summed E-state index contributed by atoms with van der Waals surface area (Å²) in [7, 11) is 0. The lowest BCUT2D eigenvalue weighted by Gasteiger charge is -2.17. The Balaban J connectivity index is 1.62. The van der Waals surface area contributed by atoms with Crippen molar-refractivity contribution in [3.8, 4) is 22.9 Å². The van der Waals surface area contributed by atoms with Gasteiger partial charge in [-0.15, -0.1) is 13.2 Å². The highest BCUT2D eigenvalue weighted by molar-refractivity contribution is 6.04. The van der Waals surface area contributed by atoms with E-state index >= 15 is 0 Å². The van der Waals surface area contributed by atoms with E-state index in [0.717, 1.165) is 12.1 Å². The van der Waals surface area contributed by atoms with Crippen molar-refractivity contribution >= 4 is 11.7 Å². The number of nitriles is 1. The molecule has 10 heteroatoms. The summed E-state index contributed by atoms with van der Waals surface area (Å²) in [6, 6.07) is 16.3. The van der Waals surface area contributed by atoms with Crippen molar-refractivity contribution in [3.63, 3.8) is 0 Å². The summed E-state index contributed by atoms with van der Waals surface area (Å²) in [6.45, 7) is -0.474. The molecule has 5 nitrogen and oxygen atoms in total. The molecular formula is C26H17F5N2O3. The fourth-order valence-electron chi connectivity index (χ4n) is 4.02. The number of carbonyl (C=O) groups is 1. The predicted molar refractivity (Wildman–Crippen MR) is 119 cm³/mol. The van der Waals surface area contributed by atoms with Crippen LogP contribution in [0.2, 0.25) is 0 Å². The minimum absolute atomic E-state index is 0.0684. The standard InChI is InChI=1S/C26H17F5N2O3/c27-20-2-1-3-21(28)23(20)22-14-19(25(34)35-13-12-32)24(33-22)17-6-4-15(5-7-17)16-8-10-18(11-9-16)36-26(29,30)31/h1-11,19,24H,13-14H2. The predicted octanol–water partition coefficient (Wildman–Crippen LogP) is 6.15. The third-order valence-corrected chi connectivity index (χ3v) is 5.60. The highest BCUT2D eigenvalue weighted by Gasteiger charge is 2.39. The van der Waals surface area contributed by atoms with Gasteiger partial charge in [0.1, 0.15) is 23.5 Å². The zero-order valence-corrected chi connectivity index (χ0v) is 18.4. The first kappa shape index (κ1) is 24.9. The summed E-state index contributed by atoms with van der Waals surface area (Å²) in [4.78, 5) is 17.1. The molecule has 0 fully saturated rings. The van der Waals surface area contributed by atoms with Crippen LogP contribution in [0.4, 0.5) is 22.0 Å². The third kappa shape index (κ3) is 5.51. The zero-order chi connectivity index (χ0) is 25.9. The lowest BCUT2D eigenvalue weighted by molar-refractivity contribution is -0.274. The molecule has 0 saturated heterocycles. The van der Waals surface area contributed by atoms with Gasteiger partial charge in [0.25, 0.3) is 0 Å². The van der Waals surface area contributed by atoms with Gasteiger partial charge >= 0.3 is 12.3 Å². The number of hydrogen-bond acceptors (Lipinski definition) is 5. The Labute approximate surface area is 202 Å². The smallest absolute Gasteiger partial charge is 0.450 e. The molecule has 0 spiro atoms. The summed E-state index contributed by atoms with van der Waals surface area (Å²) in [5.41, 5.74) is 1.59. The highest BCUT2D eigenvalue weighted by Crippen LogP contribution is 2.39. The Hall–Kier alpha value is -4.26. The Morgan fingerprint density at radius 2 is 1.56 bits per heavy atom. The molecule has 3 aromatic rings. The van der Waals surface area contributed by atoms with Gasteiger partial charge in [-0.3, -0.25) is 9.79 Å². The molecule has 0 amide bonds. The third-order valence-electron chi connectivity index (χ3n) is 5.60. The second-order valence-corrected chi connectivity index (χ2v) is 7.89. The normalized spacial score (nSPS) is 17.3. The molecule has 0 saturated carbocycles. The first-order chi connectivity index (χ1) is 17.2. The second kappa shape index (κ2) is 10.2. The number of benzene rings is 3. The molecule has 36 heavy (non-hydrogen) atoms. The number of hydrogen-bond donors (Lipinski definition) is 0. The largest absolute Gasteiger partial charge is 0.573 e. The molecule has 0 aliphatic carbocycles. The molecule has 0 radical (unpaired) electrons. The summed E-state index contributed by atoms with van der Waals surface area (Å²) < 4.78 is 74.7. The van der Waals surface area contributed by atoms with Gasteiger partial charge in [-0.25, -0.2) is 8.78 Å². The van der Waals surface area contributed by atoms with Crippen LogP contribution in [0.3, 0.4) is 0 Å². The maximum absolute atomic E-state index is 14.4. The second-order valence-electron chi connectivity index (χ2n) is 7.89. The number of nitrogens with zero attached hydrogens (tertiary/aromatic N) is 2. The molecule has 2 atom stereocenters. The number of alkyl halides is 3. The van der Waals surface area contributed by atoms with Gasteiger partial charge < -0.3 is 9.47 Å². The summed E-state index contributed by atoms with van der Waals surface area (Å²) in [6.07, 6.45) is -4.88. The van der Waals surface area contributed by atoms with Gasteiger partial charge in [-0.05, 0) is 41.0 Å². The molecule has 2 unspecified atom stereocenters. The van der Waals surface area contributed by atoms with Crippen LogP contribution < -0.4 is 4.74 Å². The maximum Gasteiger partial charge on any atom is 0.573 e. The average molecular weight is 500 g/mol. The summed E-state index contributed by atoms with van der Waals surface area (Å²) in [5.74, 6) is -3.60. The van der Waals surface area contributed by atoms with Gasteiger partial charge in [0.2, 0.25) is 0 Å². The molecule has 0 N–H and O–H groups in total. The minimum Gasteiger partial charge on any atom is -0.450 e. The molecule has 0 bridgehead atoms. The van der Waals surface area contributed by atoms with Crippen molar-refractivity contribution < 1.29 is 36.2 Å². The van der Waals surface area contributed by atoms with Crippen LogP contribution in [0.1, 0.15) is 23.6 Å². The number of ether oxygens (including phenoxy) is 2. The van der Waals surface area contributed by atoms with Crippen molar-refractivity contribution in [2.45, 2.75) is 18.8 Å². The Morgan fingerprint density at radius 3 is 2.11 bits per heavy atom. The Bertz CT molecular complexity index is 1310. The Kier molecular flexibility index (Phi) is 7.01. The number of aliphatic imine (C=N–C) groups is 1. The van der Waals surface area contributed by atoms with Crippen molar-refractivity contribution in [3.05, 3.63) is 89.5 Å². The number of esters is 1. The van der Waals surface area contributed by atoms with Gasteiger partial charge in [0.15, 0.2) is 6.61 Å². The van der Waals surface area contributed by atoms with Crippen LogP contribution in [-0.4, -0.2) is 24.7 Å². The van der Waals surface area contributed by atoms with Crippen LogP contribution in [0, 0.1) is 28.9 Å². The highest BCUT2D eigenvalue weighted by atomic mass is 19.4. The first-order valence-electron chi connectivity index (χ1n) is 10.7. The number of halogens is 5. The molecule has 184 valence electrons. The van der Waals surface area contributed by atoms with E-state index in [2.05, 4.69) is 9.73 Å². The summed E-state index contributed by atoms with van der Waals surface area (Å²) >= 11 is 0. The number of carbonyl (C=O) groups excluding carboxylic acids is 1. The monoisotopic (exact) mass is 500 g/mol. The first-order valence-corrected chi connectivity index (χ1v) is 10.7. The van der Waals surface area contributed by atoms with Crippen molar-refractivity contribution in [1.29, 1.82) is 5.26 Å². The van der Waals surface area contributed by atoms with Crippen LogP contribution in [0.5, 0.6) is 5.75 Å². The molecule has 4 rings (SSSR count). The lowest BCUT2D eigenvalue weighted by Crippen LogP contribution is -2.22. The van der Waals surface area contributed by atoms with E-state index in [1.807, 2.05) is 0 Å². The SMILES string of the molecule is N#CCOC(=O)C1CC(c2c(F)cccc2F)=NC1c1ccc(-c2ccc(OC(F)(F)F)cc2)cc1. The fraction of sp³-hybridized carbons (Fsp3) is 0.192. The van der Waals surface area contributed by atoms with Crippen LogP contribution >= 0.6 is 0 Å². The fourth-order valence-corrected chi connectivity index (χ4v) is 4.02. The molecule has 3 aromatic carbocycles. The maximum atomic E-state index is 14.4. The summed E-state index contributed by atoms with van der Waals surface area (Å²) in [5, 5.41) is 8.74. The molecular weight excluding hydrogens is 483 g/mol. The van der Waals surface area contributed by atoms with Gasteiger partial charge in [0.05, 0.1) is 17.5 Å². The van der Waals surface area contributed by atoms with Gasteiger partial charge in [-0.1, -0.05) is 42.5 Å². The van der Waals surface area contributed by atoms with Crippen LogP contribution in [-0.2, 0) is 9.53 Å². The van der Waals surface area contributed by atoms with Crippen molar-refractivity contribution in [2.75, 3.05) is 6.61 Å². The van der Waals surface area contributed by atoms with E-state index in [4.69, 9.17) is 10.00 Å². The topological polar surface area (TPSA) is 71.7 Å². The van der Waals surface area contributed by atoms with Crippen molar-refractivity contribution in [2.24, 2.45) is 10.9 Å². The van der Waals surface area contributed by atoms with Crippen molar-refractivity contribution in [1.82, 2.24) is 0 Å². The average Bonchev–Trinajstić information content (AvgIpc) is 3.27. The lowest BCUT2D eigenvalue weighted by atomic mass is 9.90. The van der Waals surface area contributed by atoms with Gasteiger partial charge in [-0.2, -0.15) is 5.26 Å². The molecule has 1 heterocycles. The molecule has 1 aliphatic rings. The van der Waals surface area contributed by atoms with E-state index < -0.39 is 42.5 Å². The van der Waals surface area contributed by atoms with Crippen LogP contribution in [0.15, 0.2) is 71.7 Å². The van der Waals surface area contributed by atoms with E-state index in [0.29, 0.717) is 16.7 Å². The zero-order valence-electron chi connectivity index (χ0n) is 18.4. The minimum atomic E-state index is -4.79. The quantitative estimate of drug-likeness (QED) is 0.301. The van der Waals surface area contributed by atoms with E-state index in [-0.39, 0.29) is 23.4 Å². The van der Waals surface area contributed by atoms with E-state index in [9.17, 15) is 26.7 Å². The Morgan fingerprint density at radius 1 is 0.972 bits per heavy atom. The van der Waals surface area contributed by atoms with Crippen LogP contribution in [0.25, 0.3) is 11.1 Å². The molecule has 0 aromatic heterocycles. The van der Waals surface area contributed by atoms with E-state index in [1.165, 1.54) is 30.3 Å². The van der Waals surface area contributed by atoms with Gasteiger partial charge in [0, 0.05) is 12.1 Å². The molecule has 1 aliphatic heterocycles. The number of rotatable bonds is 6. The van der Waals surface area contributed by atoms with E-state index in [1.54, 1.807) is 30.3 Å².